The van der Waals surface area contributed by atoms with Crippen LogP contribution in [0.3, 0.4) is 0 Å². The van der Waals surface area contributed by atoms with Crippen LogP contribution in [0.4, 0.5) is 4.79 Å². The number of nitrogens with one attached hydrogen (secondary N) is 2. The van der Waals surface area contributed by atoms with E-state index in [4.69, 9.17) is 14.2 Å². The number of carbonyl (C=O) groups excluding carboxylic acids is 2. The molecule has 0 heterocycles. The normalized spacial score (nSPS) is 17.3. The third-order valence-electron chi connectivity index (χ3n) is 4.19. The predicted octanol–water partition coefficient (Wildman–Crippen LogP) is 4.74. The molecule has 0 aromatic rings. The molecule has 2 amide bonds. The molecule has 176 valence electrons. The zero-order valence-electron chi connectivity index (χ0n) is 20.0. The van der Waals surface area contributed by atoms with Crippen LogP contribution in [0.5, 0.6) is 0 Å². The molecule has 0 saturated heterocycles. The van der Waals surface area contributed by atoms with Crippen molar-refractivity contribution in [1.82, 2.24) is 10.6 Å². The average molecular weight is 437 g/mol. The van der Waals surface area contributed by atoms with Crippen molar-refractivity contribution in [1.29, 1.82) is 0 Å². The van der Waals surface area contributed by atoms with E-state index in [2.05, 4.69) is 35.9 Å². The van der Waals surface area contributed by atoms with E-state index in [0.717, 1.165) is 19.3 Å². The van der Waals surface area contributed by atoms with Gasteiger partial charge in [-0.3, -0.25) is 4.79 Å². The number of allylic oxidation sites excluding steroid dienone is 1. The van der Waals surface area contributed by atoms with Crippen molar-refractivity contribution in [2.24, 2.45) is 0 Å². The van der Waals surface area contributed by atoms with Gasteiger partial charge in [0.25, 0.3) is 0 Å². The van der Waals surface area contributed by atoms with Crippen LogP contribution in [0.25, 0.3) is 0 Å². The highest BCUT2D eigenvalue weighted by molar-refractivity contribution is 5.75. The van der Waals surface area contributed by atoms with Gasteiger partial charge in [0.1, 0.15) is 28.8 Å². The van der Waals surface area contributed by atoms with E-state index in [0.29, 0.717) is 17.9 Å². The fourth-order valence-electron chi connectivity index (χ4n) is 2.97. The molecule has 0 fully saturated rings. The molecule has 0 spiro atoms. The summed E-state index contributed by atoms with van der Waals surface area (Å²) in [6.45, 7) is 19.2. The molecule has 2 atom stereocenters. The van der Waals surface area contributed by atoms with E-state index in [1.807, 2.05) is 41.5 Å². The molecule has 2 N–H and O–H groups in total. The second-order valence-electron chi connectivity index (χ2n) is 9.75. The molecule has 0 aromatic heterocycles. The van der Waals surface area contributed by atoms with E-state index in [1.165, 1.54) is 0 Å². The van der Waals surface area contributed by atoms with Gasteiger partial charge in [-0.15, -0.1) is 0 Å². The summed E-state index contributed by atoms with van der Waals surface area (Å²) in [6, 6.07) is -0.967. The van der Waals surface area contributed by atoms with Gasteiger partial charge in [-0.1, -0.05) is 25.3 Å². The number of ether oxygens (including phenoxy) is 3. The van der Waals surface area contributed by atoms with Crippen molar-refractivity contribution in [2.45, 2.75) is 97.0 Å². The minimum atomic E-state index is -0.565. The highest BCUT2D eigenvalue weighted by atomic mass is 16.6. The molecule has 1 aliphatic carbocycles. The lowest BCUT2D eigenvalue weighted by Gasteiger charge is -2.29. The van der Waals surface area contributed by atoms with E-state index >= 15 is 0 Å². The topological polar surface area (TPSA) is 85.9 Å². The molecule has 1 rings (SSSR count). The minimum Gasteiger partial charge on any atom is -0.493 e. The average Bonchev–Trinajstić information content (AvgIpc) is 2.61. The Morgan fingerprint density at radius 3 is 2.26 bits per heavy atom. The third-order valence-corrected chi connectivity index (χ3v) is 4.19. The SMILES string of the molecule is C=C(CNC(=O)NC(CCC(=O)OC(C)(C)C)C(=C)OC(C)(C)C)O[C@H]1CC=CCC1. The summed E-state index contributed by atoms with van der Waals surface area (Å²) in [5, 5.41) is 5.57. The largest absolute Gasteiger partial charge is 0.493 e. The molecule has 0 saturated carbocycles. The van der Waals surface area contributed by atoms with E-state index in [1.54, 1.807) is 0 Å². The Balaban J connectivity index is 2.58. The van der Waals surface area contributed by atoms with E-state index in [9.17, 15) is 9.59 Å². The fraction of sp³-hybridized carbons (Fsp3) is 0.667. The van der Waals surface area contributed by atoms with Crippen molar-refractivity contribution >= 4 is 12.0 Å². The predicted molar refractivity (Wildman–Crippen MR) is 122 cm³/mol. The summed E-state index contributed by atoms with van der Waals surface area (Å²) in [5.41, 5.74) is -1.04. The zero-order chi connectivity index (χ0) is 23.7. The standard InChI is InChI=1S/C24H40N2O5/c1-17(29-19-12-10-9-11-13-19)16-25-22(28)26-20(18(2)30-23(3,4)5)14-15-21(27)31-24(6,7)8/h9-10,19-20H,1-2,11-16H2,3-8H3,(H2,25,26,28)/t19-,20?/m0/s1. The number of esters is 1. The number of urea groups is 1. The molecular weight excluding hydrogens is 396 g/mol. The molecule has 0 aromatic carbocycles. The van der Waals surface area contributed by atoms with Gasteiger partial charge in [-0.05, 0) is 60.8 Å². The van der Waals surface area contributed by atoms with Gasteiger partial charge in [-0.25, -0.2) is 4.79 Å². The van der Waals surface area contributed by atoms with Crippen LogP contribution in [-0.4, -0.2) is 41.9 Å². The molecule has 31 heavy (non-hydrogen) atoms. The molecule has 7 heteroatoms. The van der Waals surface area contributed by atoms with Crippen molar-refractivity contribution < 1.29 is 23.8 Å². The van der Waals surface area contributed by atoms with Gasteiger partial charge >= 0.3 is 12.0 Å². The monoisotopic (exact) mass is 436 g/mol. The Hall–Kier alpha value is -2.44. The molecule has 1 aliphatic rings. The van der Waals surface area contributed by atoms with Crippen LogP contribution in [0, 0.1) is 0 Å². The van der Waals surface area contributed by atoms with Gasteiger partial charge in [-0.2, -0.15) is 0 Å². The number of hydrogen-bond donors (Lipinski definition) is 2. The van der Waals surface area contributed by atoms with Crippen molar-refractivity contribution in [3.05, 3.63) is 36.8 Å². The van der Waals surface area contributed by atoms with Gasteiger partial charge in [0.05, 0.1) is 12.6 Å². The highest BCUT2D eigenvalue weighted by Crippen LogP contribution is 2.19. The van der Waals surface area contributed by atoms with Gasteiger partial charge < -0.3 is 24.8 Å². The summed E-state index contributed by atoms with van der Waals surface area (Å²) in [4.78, 5) is 24.6. The summed E-state index contributed by atoms with van der Waals surface area (Å²) < 4.78 is 17.0. The van der Waals surface area contributed by atoms with Crippen molar-refractivity contribution in [3.63, 3.8) is 0 Å². The van der Waals surface area contributed by atoms with E-state index in [-0.39, 0.29) is 25.0 Å². The van der Waals surface area contributed by atoms with E-state index < -0.39 is 23.3 Å². The van der Waals surface area contributed by atoms with Crippen LogP contribution >= 0.6 is 0 Å². The van der Waals surface area contributed by atoms with Crippen LogP contribution in [-0.2, 0) is 19.0 Å². The maximum Gasteiger partial charge on any atom is 0.315 e. The molecule has 0 bridgehead atoms. The Kier molecular flexibility index (Phi) is 10.1. The van der Waals surface area contributed by atoms with Crippen LogP contribution in [0.2, 0.25) is 0 Å². The van der Waals surface area contributed by atoms with Gasteiger partial charge in [0, 0.05) is 12.8 Å². The second-order valence-corrected chi connectivity index (χ2v) is 9.75. The molecule has 1 unspecified atom stereocenters. The summed E-state index contributed by atoms with van der Waals surface area (Å²) in [7, 11) is 0. The van der Waals surface area contributed by atoms with Crippen molar-refractivity contribution in [2.75, 3.05) is 6.54 Å². The highest BCUT2D eigenvalue weighted by Gasteiger charge is 2.24. The lowest BCUT2D eigenvalue weighted by atomic mass is 10.1. The first-order chi connectivity index (χ1) is 14.2. The quantitative estimate of drug-likeness (QED) is 0.293. The zero-order valence-corrected chi connectivity index (χ0v) is 20.0. The second kappa shape index (κ2) is 11.8. The number of rotatable bonds is 10. The number of amides is 2. The Morgan fingerprint density at radius 2 is 1.71 bits per heavy atom. The number of hydrogen-bond acceptors (Lipinski definition) is 5. The molecule has 7 nitrogen and oxygen atoms in total. The maximum absolute atomic E-state index is 12.5. The first kappa shape index (κ1) is 26.6. The smallest absolute Gasteiger partial charge is 0.315 e. The fourth-order valence-corrected chi connectivity index (χ4v) is 2.97. The Bertz CT molecular complexity index is 670. The van der Waals surface area contributed by atoms with Gasteiger partial charge in [0.15, 0.2) is 0 Å². The molecule has 0 radical (unpaired) electrons. The van der Waals surface area contributed by atoms with Crippen molar-refractivity contribution in [3.8, 4) is 0 Å². The minimum absolute atomic E-state index is 0.101. The van der Waals surface area contributed by atoms with Crippen LogP contribution in [0.15, 0.2) is 36.8 Å². The lowest BCUT2D eigenvalue weighted by Crippen LogP contribution is -2.45. The Morgan fingerprint density at radius 1 is 1.06 bits per heavy atom. The first-order valence-electron chi connectivity index (χ1n) is 10.9. The lowest BCUT2D eigenvalue weighted by molar-refractivity contribution is -0.155. The van der Waals surface area contributed by atoms with Crippen LogP contribution < -0.4 is 10.6 Å². The number of carbonyl (C=O) groups is 2. The summed E-state index contributed by atoms with van der Waals surface area (Å²) in [6.07, 6.45) is 7.55. The van der Waals surface area contributed by atoms with Crippen LogP contribution in [0.1, 0.15) is 73.6 Å². The third kappa shape index (κ3) is 12.8. The van der Waals surface area contributed by atoms with Gasteiger partial charge in [0.2, 0.25) is 0 Å². The maximum atomic E-state index is 12.5. The first-order valence-corrected chi connectivity index (χ1v) is 10.9. The molecular formula is C24H40N2O5. The Labute approximate surface area is 187 Å². The summed E-state index contributed by atoms with van der Waals surface area (Å²) >= 11 is 0. The summed E-state index contributed by atoms with van der Waals surface area (Å²) in [5.74, 6) is 0.548. The molecule has 0 aliphatic heterocycles.